The number of hydrogen-bond acceptors (Lipinski definition) is 3. The average molecular weight is 327 g/mol. The minimum atomic E-state index is 0.0352. The maximum atomic E-state index is 5.92. The molecule has 1 atom stereocenters. The molecule has 24 heavy (non-hydrogen) atoms. The number of rotatable bonds is 4. The second-order valence-corrected chi connectivity index (χ2v) is 5.91. The molecule has 0 spiro atoms. The van der Waals surface area contributed by atoms with Gasteiger partial charge in [0.2, 0.25) is 0 Å². The van der Waals surface area contributed by atoms with Gasteiger partial charge >= 0.3 is 0 Å². The van der Waals surface area contributed by atoms with Gasteiger partial charge in [0.05, 0.1) is 25.9 Å². The Morgan fingerprint density at radius 2 is 2.21 bits per heavy atom. The third-order valence-corrected chi connectivity index (χ3v) is 4.05. The number of guanidine groups is 1. The molecule has 1 unspecified atom stereocenters. The van der Waals surface area contributed by atoms with Crippen molar-refractivity contribution in [1.82, 2.24) is 20.0 Å². The number of benzene rings is 1. The monoisotopic (exact) mass is 327 g/mol. The fraction of sp³-hybridized carbons (Fsp3) is 0.444. The number of aliphatic imine (C=N–C) groups is 1. The summed E-state index contributed by atoms with van der Waals surface area (Å²) >= 11 is 0. The molecule has 1 N–H and O–H groups in total. The second-order valence-electron chi connectivity index (χ2n) is 5.91. The maximum absolute atomic E-state index is 5.92. The average Bonchev–Trinajstić information content (AvgIpc) is 3.06. The first-order valence-corrected chi connectivity index (χ1v) is 8.43. The van der Waals surface area contributed by atoms with E-state index in [0.717, 1.165) is 31.2 Å². The van der Waals surface area contributed by atoms with Crippen molar-refractivity contribution < 1.29 is 4.74 Å². The molecule has 1 aliphatic rings. The molecule has 0 radical (unpaired) electrons. The van der Waals surface area contributed by atoms with Gasteiger partial charge in [0, 0.05) is 31.9 Å². The first-order valence-electron chi connectivity index (χ1n) is 8.43. The number of hydrogen-bond donors (Lipinski definition) is 1. The number of nitrogens with zero attached hydrogens (tertiary/aromatic N) is 4. The molecule has 0 saturated carbocycles. The lowest BCUT2D eigenvalue weighted by Gasteiger charge is -2.34. The van der Waals surface area contributed by atoms with Crippen LogP contribution in [-0.4, -0.2) is 46.9 Å². The van der Waals surface area contributed by atoms with Crippen LogP contribution in [0.2, 0.25) is 0 Å². The fourth-order valence-corrected chi connectivity index (χ4v) is 2.83. The van der Waals surface area contributed by atoms with Gasteiger partial charge in [-0.25, -0.2) is 4.99 Å². The lowest BCUT2D eigenvalue weighted by molar-refractivity contribution is -0.00805. The minimum Gasteiger partial charge on any atom is -0.370 e. The standard InChI is InChI=1S/C18H25N5O/c1-3-19-18(20-11-15-7-5-4-6-8-15)23-9-10-24-17(14-23)16-12-21-22(2)13-16/h4-8,12-13,17H,3,9-11,14H2,1-2H3,(H,19,20). The van der Waals surface area contributed by atoms with Crippen molar-refractivity contribution >= 4 is 5.96 Å². The predicted molar refractivity (Wildman–Crippen MR) is 94.7 cm³/mol. The van der Waals surface area contributed by atoms with Crippen LogP contribution in [0.25, 0.3) is 0 Å². The van der Waals surface area contributed by atoms with Crippen molar-refractivity contribution in [2.24, 2.45) is 12.0 Å². The lowest BCUT2D eigenvalue weighted by Crippen LogP contribution is -2.48. The molecule has 2 heterocycles. The Hall–Kier alpha value is -2.34. The van der Waals surface area contributed by atoms with Crippen LogP contribution in [0.3, 0.4) is 0 Å². The highest BCUT2D eigenvalue weighted by Crippen LogP contribution is 2.21. The Morgan fingerprint density at radius 1 is 1.38 bits per heavy atom. The molecular formula is C18H25N5O. The number of nitrogens with one attached hydrogen (secondary N) is 1. The van der Waals surface area contributed by atoms with Crippen molar-refractivity contribution in [3.05, 3.63) is 53.9 Å². The van der Waals surface area contributed by atoms with Gasteiger partial charge in [0.15, 0.2) is 5.96 Å². The van der Waals surface area contributed by atoms with E-state index in [4.69, 9.17) is 9.73 Å². The highest BCUT2D eigenvalue weighted by atomic mass is 16.5. The molecule has 6 heteroatoms. The number of aromatic nitrogens is 2. The summed E-state index contributed by atoms with van der Waals surface area (Å²) in [7, 11) is 1.93. The van der Waals surface area contributed by atoms with Crippen LogP contribution in [-0.2, 0) is 18.3 Å². The summed E-state index contributed by atoms with van der Waals surface area (Å²) in [5.74, 6) is 0.943. The quantitative estimate of drug-likeness (QED) is 0.689. The Bertz CT molecular complexity index is 667. The third kappa shape index (κ3) is 4.14. The number of morpholine rings is 1. The van der Waals surface area contributed by atoms with Gasteiger partial charge in [-0.1, -0.05) is 30.3 Å². The highest BCUT2D eigenvalue weighted by molar-refractivity contribution is 5.80. The molecule has 0 bridgehead atoms. The number of ether oxygens (including phenoxy) is 1. The summed E-state index contributed by atoms with van der Waals surface area (Å²) in [6, 6.07) is 10.3. The zero-order valence-electron chi connectivity index (χ0n) is 14.4. The Morgan fingerprint density at radius 3 is 2.92 bits per heavy atom. The van der Waals surface area contributed by atoms with E-state index in [-0.39, 0.29) is 6.10 Å². The van der Waals surface area contributed by atoms with E-state index in [1.165, 1.54) is 5.56 Å². The van der Waals surface area contributed by atoms with Crippen LogP contribution in [0, 0.1) is 0 Å². The van der Waals surface area contributed by atoms with Gasteiger partial charge < -0.3 is 15.0 Å². The topological polar surface area (TPSA) is 54.7 Å². The smallest absolute Gasteiger partial charge is 0.194 e. The fourth-order valence-electron chi connectivity index (χ4n) is 2.83. The van der Waals surface area contributed by atoms with E-state index in [1.54, 1.807) is 0 Å². The minimum absolute atomic E-state index is 0.0352. The van der Waals surface area contributed by atoms with E-state index in [2.05, 4.69) is 34.4 Å². The SMILES string of the molecule is CCNC(=NCc1ccccc1)N1CCOC(c2cnn(C)c2)C1. The van der Waals surface area contributed by atoms with E-state index in [1.807, 2.05) is 42.3 Å². The van der Waals surface area contributed by atoms with Gasteiger partial charge in [-0.2, -0.15) is 5.10 Å². The molecule has 128 valence electrons. The molecule has 0 aliphatic carbocycles. The van der Waals surface area contributed by atoms with E-state index >= 15 is 0 Å². The van der Waals surface area contributed by atoms with E-state index in [0.29, 0.717) is 13.2 Å². The van der Waals surface area contributed by atoms with Crippen molar-refractivity contribution in [2.45, 2.75) is 19.6 Å². The lowest BCUT2D eigenvalue weighted by atomic mass is 10.1. The summed E-state index contributed by atoms with van der Waals surface area (Å²) in [5.41, 5.74) is 2.33. The second kappa shape index (κ2) is 7.97. The molecule has 3 rings (SSSR count). The summed E-state index contributed by atoms with van der Waals surface area (Å²) in [5, 5.41) is 7.65. The van der Waals surface area contributed by atoms with Crippen LogP contribution >= 0.6 is 0 Å². The molecule has 1 aromatic carbocycles. The summed E-state index contributed by atoms with van der Waals surface area (Å²) in [6.07, 6.45) is 3.93. The van der Waals surface area contributed by atoms with Crippen LogP contribution in [0.4, 0.5) is 0 Å². The summed E-state index contributed by atoms with van der Waals surface area (Å²) < 4.78 is 7.73. The summed E-state index contributed by atoms with van der Waals surface area (Å²) in [4.78, 5) is 7.07. The predicted octanol–water partition coefficient (Wildman–Crippen LogP) is 1.96. The molecule has 1 fully saturated rings. The van der Waals surface area contributed by atoms with Crippen molar-refractivity contribution in [3.8, 4) is 0 Å². The Kier molecular flexibility index (Phi) is 5.48. The first kappa shape index (κ1) is 16.5. The first-order chi connectivity index (χ1) is 11.8. The van der Waals surface area contributed by atoms with Crippen molar-refractivity contribution in [2.75, 3.05) is 26.2 Å². The molecule has 1 aliphatic heterocycles. The van der Waals surface area contributed by atoms with E-state index < -0.39 is 0 Å². The summed E-state index contributed by atoms with van der Waals surface area (Å²) in [6.45, 7) is 5.94. The molecule has 0 amide bonds. The molecule has 1 aromatic heterocycles. The van der Waals surface area contributed by atoms with Crippen LogP contribution in [0.1, 0.15) is 24.2 Å². The third-order valence-electron chi connectivity index (χ3n) is 4.05. The molecule has 1 saturated heterocycles. The largest absolute Gasteiger partial charge is 0.370 e. The van der Waals surface area contributed by atoms with E-state index in [9.17, 15) is 0 Å². The molecular weight excluding hydrogens is 302 g/mol. The zero-order valence-corrected chi connectivity index (χ0v) is 14.4. The Balaban J connectivity index is 1.70. The molecule has 2 aromatic rings. The van der Waals surface area contributed by atoms with Crippen LogP contribution < -0.4 is 5.32 Å². The maximum Gasteiger partial charge on any atom is 0.194 e. The van der Waals surface area contributed by atoms with Gasteiger partial charge in [0.1, 0.15) is 6.10 Å². The van der Waals surface area contributed by atoms with Crippen LogP contribution in [0.15, 0.2) is 47.7 Å². The highest BCUT2D eigenvalue weighted by Gasteiger charge is 2.25. The number of aryl methyl sites for hydroxylation is 1. The van der Waals surface area contributed by atoms with Gasteiger partial charge in [0.25, 0.3) is 0 Å². The molecule has 6 nitrogen and oxygen atoms in total. The van der Waals surface area contributed by atoms with Crippen LogP contribution in [0.5, 0.6) is 0 Å². The van der Waals surface area contributed by atoms with Gasteiger partial charge in [-0.3, -0.25) is 4.68 Å². The zero-order chi connectivity index (χ0) is 16.8. The van der Waals surface area contributed by atoms with Crippen molar-refractivity contribution in [3.63, 3.8) is 0 Å². The Labute approximate surface area is 143 Å². The van der Waals surface area contributed by atoms with Crippen molar-refractivity contribution in [1.29, 1.82) is 0 Å². The van der Waals surface area contributed by atoms with Gasteiger partial charge in [-0.05, 0) is 12.5 Å². The normalized spacial score (nSPS) is 18.7. The van der Waals surface area contributed by atoms with Gasteiger partial charge in [-0.15, -0.1) is 0 Å².